The van der Waals surface area contributed by atoms with Crippen molar-refractivity contribution in [2.75, 3.05) is 0 Å². The lowest BCUT2D eigenvalue weighted by Gasteiger charge is -2.10. The highest BCUT2D eigenvalue weighted by Crippen LogP contribution is 2.23. The molecule has 4 heterocycles. The van der Waals surface area contributed by atoms with E-state index in [1.54, 1.807) is 15.2 Å². The van der Waals surface area contributed by atoms with Crippen molar-refractivity contribution in [3.8, 4) is 0 Å². The molecule has 4 rings (SSSR count). The summed E-state index contributed by atoms with van der Waals surface area (Å²) < 4.78 is 3.88. The fourth-order valence-electron chi connectivity index (χ4n) is 2.78. The molecule has 0 N–H and O–H groups in total. The molecule has 0 fully saturated rings. The van der Waals surface area contributed by atoms with E-state index in [0.717, 1.165) is 5.56 Å². The van der Waals surface area contributed by atoms with E-state index < -0.39 is 0 Å². The van der Waals surface area contributed by atoms with Crippen molar-refractivity contribution in [2.24, 2.45) is 0 Å². The van der Waals surface area contributed by atoms with E-state index in [1.807, 2.05) is 37.4 Å². The predicted molar refractivity (Wildman–Crippen MR) is 105 cm³/mol. The largest absolute Gasteiger partial charge is 0.287 e. The van der Waals surface area contributed by atoms with Gasteiger partial charge in [-0.25, -0.2) is 9.97 Å². The first-order valence-corrected chi connectivity index (χ1v) is 10.0. The standard InChI is InChI=1S/C18H16N4O2S2/c1-3-21-17(24)16-13(6-7-25-16)20-18(21)26-10-12-8-15(23)22-9-11(2)4-5-14(22)19-12/h4-9H,3,10H2,1-2H3. The van der Waals surface area contributed by atoms with Gasteiger partial charge in [0, 0.05) is 24.6 Å². The number of hydrogen-bond acceptors (Lipinski definition) is 6. The quantitative estimate of drug-likeness (QED) is 0.399. The van der Waals surface area contributed by atoms with Gasteiger partial charge in [0.25, 0.3) is 11.1 Å². The van der Waals surface area contributed by atoms with Gasteiger partial charge in [-0.3, -0.25) is 18.6 Å². The van der Waals surface area contributed by atoms with Crippen LogP contribution in [0.25, 0.3) is 15.9 Å². The summed E-state index contributed by atoms with van der Waals surface area (Å²) in [4.78, 5) is 34.0. The van der Waals surface area contributed by atoms with Crippen LogP contribution in [0, 0.1) is 6.92 Å². The van der Waals surface area contributed by atoms with Gasteiger partial charge in [-0.05, 0) is 36.9 Å². The fourth-order valence-corrected chi connectivity index (χ4v) is 4.52. The molecule has 4 aromatic rings. The van der Waals surface area contributed by atoms with E-state index in [0.29, 0.717) is 39.0 Å². The molecular formula is C18H16N4O2S2. The zero-order valence-electron chi connectivity index (χ0n) is 14.3. The third kappa shape index (κ3) is 2.95. The number of hydrogen-bond donors (Lipinski definition) is 0. The molecule has 0 saturated heterocycles. The summed E-state index contributed by atoms with van der Waals surface area (Å²) in [6, 6.07) is 7.16. The summed E-state index contributed by atoms with van der Waals surface area (Å²) in [6.45, 7) is 4.41. The van der Waals surface area contributed by atoms with Gasteiger partial charge in [-0.1, -0.05) is 17.8 Å². The van der Waals surface area contributed by atoms with Crippen LogP contribution in [0.3, 0.4) is 0 Å². The Labute approximate surface area is 157 Å². The van der Waals surface area contributed by atoms with Gasteiger partial charge in [0.05, 0.1) is 11.2 Å². The molecule has 4 aromatic heterocycles. The molecular weight excluding hydrogens is 368 g/mol. The Morgan fingerprint density at radius 2 is 2.04 bits per heavy atom. The third-order valence-corrected chi connectivity index (χ3v) is 5.96. The number of nitrogens with zero attached hydrogens (tertiary/aromatic N) is 4. The van der Waals surface area contributed by atoms with Crippen molar-refractivity contribution in [1.29, 1.82) is 0 Å². The van der Waals surface area contributed by atoms with Gasteiger partial charge in [0.2, 0.25) is 0 Å². The van der Waals surface area contributed by atoms with Gasteiger partial charge in [-0.2, -0.15) is 0 Å². The van der Waals surface area contributed by atoms with Crippen LogP contribution in [0.15, 0.2) is 50.6 Å². The SMILES string of the molecule is CCn1c(SCc2cc(=O)n3cc(C)ccc3n2)nc2ccsc2c1=O. The van der Waals surface area contributed by atoms with Crippen LogP contribution in [-0.4, -0.2) is 18.9 Å². The Hall–Kier alpha value is -2.45. The number of fused-ring (bicyclic) bond motifs is 2. The smallest absolute Gasteiger partial charge is 0.272 e. The summed E-state index contributed by atoms with van der Waals surface area (Å²) in [6.07, 6.45) is 1.78. The average molecular weight is 384 g/mol. The summed E-state index contributed by atoms with van der Waals surface area (Å²) in [5.74, 6) is 0.474. The maximum atomic E-state index is 12.6. The first kappa shape index (κ1) is 17.0. The maximum absolute atomic E-state index is 12.6. The zero-order valence-corrected chi connectivity index (χ0v) is 15.9. The Bertz CT molecular complexity index is 1240. The van der Waals surface area contributed by atoms with Gasteiger partial charge in [-0.15, -0.1) is 11.3 Å². The first-order chi connectivity index (χ1) is 12.6. The highest BCUT2D eigenvalue weighted by Gasteiger charge is 2.12. The van der Waals surface area contributed by atoms with E-state index in [9.17, 15) is 9.59 Å². The predicted octanol–water partition coefficient (Wildman–Crippen LogP) is 3.09. The van der Waals surface area contributed by atoms with Gasteiger partial charge in [0.15, 0.2) is 5.16 Å². The Morgan fingerprint density at radius 1 is 1.19 bits per heavy atom. The Morgan fingerprint density at radius 3 is 2.85 bits per heavy atom. The topological polar surface area (TPSA) is 69.3 Å². The molecule has 0 aliphatic heterocycles. The van der Waals surface area contributed by atoms with Crippen LogP contribution in [-0.2, 0) is 12.3 Å². The molecule has 0 spiro atoms. The van der Waals surface area contributed by atoms with E-state index in [4.69, 9.17) is 0 Å². The van der Waals surface area contributed by atoms with E-state index in [-0.39, 0.29) is 11.1 Å². The summed E-state index contributed by atoms with van der Waals surface area (Å²) in [5, 5.41) is 2.52. The molecule has 0 unspecified atom stereocenters. The molecule has 0 atom stereocenters. The molecule has 0 amide bonds. The lowest BCUT2D eigenvalue weighted by atomic mass is 10.3. The van der Waals surface area contributed by atoms with Crippen molar-refractivity contribution < 1.29 is 0 Å². The normalized spacial score (nSPS) is 11.5. The van der Waals surface area contributed by atoms with Crippen LogP contribution in [0.1, 0.15) is 18.2 Å². The summed E-state index contributed by atoms with van der Waals surface area (Å²) in [5.41, 5.74) is 2.89. The second-order valence-electron chi connectivity index (χ2n) is 5.89. The van der Waals surface area contributed by atoms with Crippen LogP contribution in [0.4, 0.5) is 0 Å². The van der Waals surface area contributed by atoms with Gasteiger partial charge < -0.3 is 0 Å². The van der Waals surface area contributed by atoms with E-state index in [2.05, 4.69) is 9.97 Å². The van der Waals surface area contributed by atoms with E-state index >= 15 is 0 Å². The second kappa shape index (κ2) is 6.69. The highest BCUT2D eigenvalue weighted by atomic mass is 32.2. The molecule has 26 heavy (non-hydrogen) atoms. The minimum Gasteiger partial charge on any atom is -0.287 e. The van der Waals surface area contributed by atoms with Gasteiger partial charge in [0.1, 0.15) is 10.3 Å². The van der Waals surface area contributed by atoms with E-state index in [1.165, 1.54) is 29.2 Å². The van der Waals surface area contributed by atoms with Crippen molar-refractivity contribution >= 4 is 39.0 Å². The molecule has 0 aromatic carbocycles. The lowest BCUT2D eigenvalue weighted by Crippen LogP contribution is -2.21. The number of pyridine rings is 1. The molecule has 0 aliphatic rings. The molecule has 0 aliphatic carbocycles. The van der Waals surface area contributed by atoms with Gasteiger partial charge >= 0.3 is 0 Å². The van der Waals surface area contributed by atoms with Crippen molar-refractivity contribution in [2.45, 2.75) is 31.3 Å². The lowest BCUT2D eigenvalue weighted by molar-refractivity contribution is 0.635. The van der Waals surface area contributed by atoms with Crippen LogP contribution in [0.5, 0.6) is 0 Å². The number of aryl methyl sites for hydroxylation is 1. The molecule has 6 nitrogen and oxygen atoms in total. The van der Waals surface area contributed by atoms with Crippen molar-refractivity contribution in [1.82, 2.24) is 18.9 Å². The molecule has 0 saturated carbocycles. The van der Waals surface area contributed by atoms with Crippen LogP contribution < -0.4 is 11.1 Å². The highest BCUT2D eigenvalue weighted by molar-refractivity contribution is 7.98. The fraction of sp³-hybridized carbons (Fsp3) is 0.222. The van der Waals surface area contributed by atoms with Crippen LogP contribution >= 0.6 is 23.1 Å². The van der Waals surface area contributed by atoms with Crippen molar-refractivity contribution in [3.05, 3.63) is 67.8 Å². The molecule has 0 bridgehead atoms. The molecule has 132 valence electrons. The van der Waals surface area contributed by atoms with Crippen molar-refractivity contribution in [3.63, 3.8) is 0 Å². The average Bonchev–Trinajstić information content (AvgIpc) is 3.09. The zero-order chi connectivity index (χ0) is 18.3. The second-order valence-corrected chi connectivity index (χ2v) is 7.75. The summed E-state index contributed by atoms with van der Waals surface area (Å²) >= 11 is 2.83. The first-order valence-electron chi connectivity index (χ1n) is 8.16. The molecule has 0 radical (unpaired) electrons. The number of thioether (sulfide) groups is 1. The monoisotopic (exact) mass is 384 g/mol. The Kier molecular flexibility index (Phi) is 4.37. The third-order valence-electron chi connectivity index (χ3n) is 4.06. The van der Waals surface area contributed by atoms with Crippen LogP contribution in [0.2, 0.25) is 0 Å². The number of rotatable bonds is 4. The minimum atomic E-state index is -0.108. The summed E-state index contributed by atoms with van der Waals surface area (Å²) in [7, 11) is 0. The minimum absolute atomic E-state index is 0.0167. The Balaban J connectivity index is 1.70. The number of aromatic nitrogens is 4. The molecule has 8 heteroatoms. The number of thiophene rings is 1. The maximum Gasteiger partial charge on any atom is 0.272 e.